The van der Waals surface area contributed by atoms with Crippen LogP contribution >= 0.6 is 0 Å². The van der Waals surface area contributed by atoms with Gasteiger partial charge in [-0.05, 0) is 81.2 Å². The van der Waals surface area contributed by atoms with Crippen molar-refractivity contribution in [3.8, 4) is 78.3 Å². The Balaban J connectivity index is 0.000000139. The minimum Gasteiger partial charge on any atom is -0.305 e. The molecule has 10 rings (SSSR count). The predicted molar refractivity (Wildman–Crippen MR) is 248 cm³/mol. The van der Waals surface area contributed by atoms with Crippen LogP contribution in [0.15, 0.2) is 249 Å². The van der Waals surface area contributed by atoms with E-state index in [2.05, 4.69) is 161 Å². The molecule has 0 aliphatic heterocycles. The van der Waals surface area contributed by atoms with Crippen molar-refractivity contribution in [3.63, 3.8) is 0 Å². The summed E-state index contributed by atoms with van der Waals surface area (Å²) in [7, 11) is 0. The van der Waals surface area contributed by atoms with Crippen molar-refractivity contribution in [3.05, 3.63) is 261 Å². The van der Waals surface area contributed by atoms with Gasteiger partial charge < -0.3 is 9.97 Å². The van der Waals surface area contributed by atoms with Gasteiger partial charge in [-0.1, -0.05) is 158 Å². The van der Waals surface area contributed by atoms with Crippen LogP contribution in [0.2, 0.25) is 0 Å². The summed E-state index contributed by atoms with van der Waals surface area (Å²) in [6.45, 7) is 0. The van der Waals surface area contributed by atoms with Gasteiger partial charge in [0.25, 0.3) is 0 Å². The Kier molecular flexibility index (Phi) is 14.8. The third kappa shape index (κ3) is 11.4. The number of rotatable bonds is 7. The fraction of sp³-hybridized carbons (Fsp3) is 0. The van der Waals surface area contributed by atoms with Crippen LogP contribution in [0.1, 0.15) is 0 Å². The predicted octanol–water partition coefficient (Wildman–Crippen LogP) is 14.5. The average molecular weight is 960 g/mol. The van der Waals surface area contributed by atoms with Crippen LogP contribution in [-0.2, 0) is 20.1 Å². The molecule has 0 amide bonds. The van der Waals surface area contributed by atoms with Gasteiger partial charge in [0.1, 0.15) is 0 Å². The zero-order chi connectivity index (χ0) is 40.6. The minimum atomic E-state index is 0. The molecular formula is C57H41IrN3-2. The second-order valence-electron chi connectivity index (χ2n) is 13.9. The molecule has 4 heteroatoms. The van der Waals surface area contributed by atoms with Gasteiger partial charge in [-0.25, -0.2) is 0 Å². The molecule has 1 radical (unpaired) electrons. The molecule has 61 heavy (non-hydrogen) atoms. The van der Waals surface area contributed by atoms with Crippen LogP contribution in [0.3, 0.4) is 0 Å². The van der Waals surface area contributed by atoms with E-state index < -0.39 is 0 Å². The SMILES string of the molecule is [Ir].[c-]1ccc(-c2cccc(-c3ccccc3)c2)cc1-c1ccccn1.[c-]1ccc(-c2ccccc2)cc1-c1ccccn1.c1ccc(-c2cccc(-c3ccccn3)c2)cc1. The van der Waals surface area contributed by atoms with Crippen molar-refractivity contribution in [2.24, 2.45) is 0 Å². The molecule has 0 saturated carbocycles. The molecule has 3 nitrogen and oxygen atoms in total. The van der Waals surface area contributed by atoms with E-state index in [1.54, 1.807) is 6.20 Å². The molecule has 0 atom stereocenters. The van der Waals surface area contributed by atoms with Gasteiger partial charge in [-0.2, -0.15) is 0 Å². The van der Waals surface area contributed by atoms with Gasteiger partial charge >= 0.3 is 0 Å². The van der Waals surface area contributed by atoms with Crippen LogP contribution < -0.4 is 0 Å². The van der Waals surface area contributed by atoms with E-state index in [-0.39, 0.29) is 20.1 Å². The van der Waals surface area contributed by atoms with Crippen LogP contribution in [0, 0.1) is 12.1 Å². The normalized spacial score (nSPS) is 10.2. The van der Waals surface area contributed by atoms with Crippen LogP contribution in [0.4, 0.5) is 0 Å². The van der Waals surface area contributed by atoms with Crippen molar-refractivity contribution in [2.45, 2.75) is 0 Å². The molecule has 7 aromatic carbocycles. The molecule has 10 aromatic rings. The topological polar surface area (TPSA) is 38.7 Å². The largest absolute Gasteiger partial charge is 0.305 e. The number of pyridine rings is 3. The molecule has 3 heterocycles. The van der Waals surface area contributed by atoms with E-state index in [0.29, 0.717) is 0 Å². The second-order valence-corrected chi connectivity index (χ2v) is 13.9. The van der Waals surface area contributed by atoms with E-state index in [1.165, 1.54) is 44.5 Å². The molecule has 0 fully saturated rings. The summed E-state index contributed by atoms with van der Waals surface area (Å²) in [6.07, 6.45) is 5.44. The molecule has 295 valence electrons. The Morgan fingerprint density at radius 3 is 0.967 bits per heavy atom. The Morgan fingerprint density at radius 1 is 0.246 bits per heavy atom. The quantitative estimate of drug-likeness (QED) is 0.149. The smallest absolute Gasteiger partial charge is 0.0702 e. The Bertz CT molecular complexity index is 2530. The van der Waals surface area contributed by atoms with Crippen molar-refractivity contribution in [2.75, 3.05) is 0 Å². The maximum absolute atomic E-state index is 4.42. The van der Waals surface area contributed by atoms with Crippen LogP contribution in [-0.4, -0.2) is 15.0 Å². The molecule has 0 saturated heterocycles. The van der Waals surface area contributed by atoms with Crippen molar-refractivity contribution >= 4 is 0 Å². The van der Waals surface area contributed by atoms with E-state index in [9.17, 15) is 0 Å². The van der Waals surface area contributed by atoms with Gasteiger partial charge in [0, 0.05) is 44.3 Å². The first-order valence-corrected chi connectivity index (χ1v) is 19.9. The fourth-order valence-corrected chi connectivity index (χ4v) is 6.79. The molecule has 0 N–H and O–H groups in total. The number of hydrogen-bond donors (Lipinski definition) is 0. The Morgan fingerprint density at radius 2 is 0.557 bits per heavy atom. The summed E-state index contributed by atoms with van der Waals surface area (Å²) in [5, 5.41) is 0. The van der Waals surface area contributed by atoms with Gasteiger partial charge in [0.2, 0.25) is 0 Å². The number of nitrogens with zero attached hydrogens (tertiary/aromatic N) is 3. The molecule has 0 unspecified atom stereocenters. The first-order chi connectivity index (χ1) is 29.8. The summed E-state index contributed by atoms with van der Waals surface area (Å²) >= 11 is 0. The van der Waals surface area contributed by atoms with Crippen molar-refractivity contribution in [1.29, 1.82) is 0 Å². The van der Waals surface area contributed by atoms with Crippen LogP contribution in [0.25, 0.3) is 78.3 Å². The molecular weight excluding hydrogens is 919 g/mol. The monoisotopic (exact) mass is 960 g/mol. The van der Waals surface area contributed by atoms with Gasteiger partial charge in [0.05, 0.1) is 5.69 Å². The zero-order valence-corrected chi connectivity index (χ0v) is 35.7. The van der Waals surface area contributed by atoms with Gasteiger partial charge in [-0.3, -0.25) is 4.98 Å². The summed E-state index contributed by atoms with van der Waals surface area (Å²) in [5.74, 6) is 0. The summed E-state index contributed by atoms with van der Waals surface area (Å²) in [4.78, 5) is 13.2. The molecule has 0 aliphatic carbocycles. The number of benzene rings is 7. The standard InChI is InChI=1S/C23H16N.C17H13N.C17H12N.Ir/c1-2-8-18(9-3-1)19-10-6-11-20(16-19)21-12-7-13-22(17-21)23-14-4-5-15-24-23;2*1-2-7-14(8-3-1)15-9-6-10-16(13-15)17-11-4-5-12-18-17;/h1-12,14-17H;1-13H;1-9,11-13H;/q-1;;-1;. The van der Waals surface area contributed by atoms with Crippen LogP contribution in [0.5, 0.6) is 0 Å². The first-order valence-electron chi connectivity index (χ1n) is 19.9. The minimum absolute atomic E-state index is 0. The number of aromatic nitrogens is 3. The molecule has 0 aliphatic rings. The van der Waals surface area contributed by atoms with Crippen molar-refractivity contribution in [1.82, 2.24) is 15.0 Å². The van der Waals surface area contributed by atoms with E-state index in [4.69, 9.17) is 0 Å². The second kappa shape index (κ2) is 21.6. The maximum Gasteiger partial charge on any atom is 0.0702 e. The zero-order valence-electron chi connectivity index (χ0n) is 33.3. The first kappa shape index (κ1) is 41.8. The Labute approximate surface area is 372 Å². The van der Waals surface area contributed by atoms with Gasteiger partial charge in [-0.15, -0.1) is 70.8 Å². The number of hydrogen-bond acceptors (Lipinski definition) is 3. The van der Waals surface area contributed by atoms with E-state index in [0.717, 1.165) is 33.8 Å². The van der Waals surface area contributed by atoms with E-state index >= 15 is 0 Å². The third-order valence-corrected chi connectivity index (χ3v) is 9.83. The average Bonchev–Trinajstić information content (AvgIpc) is 3.36. The summed E-state index contributed by atoms with van der Waals surface area (Å²) in [5.41, 5.74) is 15.8. The summed E-state index contributed by atoms with van der Waals surface area (Å²) in [6, 6.07) is 85.0. The van der Waals surface area contributed by atoms with Gasteiger partial charge in [0.15, 0.2) is 0 Å². The maximum atomic E-state index is 4.42. The Hall–Kier alpha value is -7.36. The van der Waals surface area contributed by atoms with Crippen molar-refractivity contribution < 1.29 is 20.1 Å². The molecule has 0 bridgehead atoms. The molecule has 3 aromatic heterocycles. The fourth-order valence-electron chi connectivity index (χ4n) is 6.79. The van der Waals surface area contributed by atoms with E-state index in [1.807, 2.05) is 109 Å². The summed E-state index contributed by atoms with van der Waals surface area (Å²) < 4.78 is 0. The third-order valence-electron chi connectivity index (χ3n) is 9.83. The molecule has 0 spiro atoms.